The van der Waals surface area contributed by atoms with Gasteiger partial charge in [-0.15, -0.1) is 0 Å². The number of nitrogens with zero attached hydrogens (tertiary/aromatic N) is 1. The molecule has 2 atom stereocenters. The second-order valence-corrected chi connectivity index (χ2v) is 4.73. The first-order chi connectivity index (χ1) is 8.49. The molecule has 0 radical (unpaired) electrons. The molecular formula is C13H18N2O3. The summed E-state index contributed by atoms with van der Waals surface area (Å²) in [5, 5.41) is 22.2. The predicted molar refractivity (Wildman–Crippen MR) is 67.4 cm³/mol. The highest BCUT2D eigenvalue weighted by Gasteiger charge is 2.30. The Morgan fingerprint density at radius 1 is 1.44 bits per heavy atom. The van der Waals surface area contributed by atoms with Gasteiger partial charge in [-0.2, -0.15) is 0 Å². The standard InChI is InChI=1S/C13H18N2O3/c1-8(10-4-3-9(16)7-12(10)17)14-11-5-6-15(2)13(11)18/h3-4,7-8,11,14,16-17H,5-6H2,1-2H3. The van der Waals surface area contributed by atoms with Gasteiger partial charge in [-0.1, -0.05) is 6.07 Å². The minimum atomic E-state index is -0.196. The number of amides is 1. The van der Waals surface area contributed by atoms with E-state index in [0.29, 0.717) is 5.56 Å². The van der Waals surface area contributed by atoms with Crippen molar-refractivity contribution in [1.82, 2.24) is 10.2 Å². The van der Waals surface area contributed by atoms with Gasteiger partial charge in [-0.3, -0.25) is 10.1 Å². The quantitative estimate of drug-likeness (QED) is 0.747. The van der Waals surface area contributed by atoms with Gasteiger partial charge in [0.25, 0.3) is 0 Å². The number of hydrogen-bond acceptors (Lipinski definition) is 4. The molecule has 18 heavy (non-hydrogen) atoms. The summed E-state index contributed by atoms with van der Waals surface area (Å²) in [6.45, 7) is 2.64. The van der Waals surface area contributed by atoms with E-state index in [1.165, 1.54) is 12.1 Å². The zero-order chi connectivity index (χ0) is 13.3. The molecule has 1 heterocycles. The second-order valence-electron chi connectivity index (χ2n) is 4.73. The summed E-state index contributed by atoms with van der Waals surface area (Å²) in [6, 6.07) is 4.14. The van der Waals surface area contributed by atoms with E-state index in [0.717, 1.165) is 13.0 Å². The second kappa shape index (κ2) is 4.86. The number of carbonyl (C=O) groups excluding carboxylic acids is 1. The van der Waals surface area contributed by atoms with Crippen LogP contribution in [0.2, 0.25) is 0 Å². The monoisotopic (exact) mass is 250 g/mol. The van der Waals surface area contributed by atoms with Gasteiger partial charge >= 0.3 is 0 Å². The molecule has 0 saturated carbocycles. The lowest BCUT2D eigenvalue weighted by atomic mass is 10.1. The number of phenols is 2. The van der Waals surface area contributed by atoms with E-state index in [-0.39, 0.29) is 29.5 Å². The summed E-state index contributed by atoms with van der Waals surface area (Å²) in [5.74, 6) is 0.147. The van der Waals surface area contributed by atoms with Crippen LogP contribution in [0, 0.1) is 0 Å². The molecule has 1 aliphatic rings. The highest BCUT2D eigenvalue weighted by Crippen LogP contribution is 2.28. The Kier molecular flexibility index (Phi) is 3.43. The summed E-state index contributed by atoms with van der Waals surface area (Å²) in [6.07, 6.45) is 0.776. The van der Waals surface area contributed by atoms with Crippen LogP contribution in [0.1, 0.15) is 24.9 Å². The summed E-state index contributed by atoms with van der Waals surface area (Å²) in [4.78, 5) is 13.5. The average molecular weight is 250 g/mol. The van der Waals surface area contributed by atoms with E-state index in [1.54, 1.807) is 18.0 Å². The molecule has 2 unspecified atom stereocenters. The predicted octanol–water partition coefficient (Wildman–Crippen LogP) is 0.979. The van der Waals surface area contributed by atoms with Crippen molar-refractivity contribution in [1.29, 1.82) is 0 Å². The third-order valence-corrected chi connectivity index (χ3v) is 3.36. The van der Waals surface area contributed by atoms with E-state index in [4.69, 9.17) is 0 Å². The molecule has 0 spiro atoms. The minimum Gasteiger partial charge on any atom is -0.508 e. The lowest BCUT2D eigenvalue weighted by molar-refractivity contribution is -0.128. The fourth-order valence-electron chi connectivity index (χ4n) is 2.27. The molecule has 0 aliphatic carbocycles. The number of rotatable bonds is 3. The van der Waals surface area contributed by atoms with Crippen molar-refractivity contribution in [3.8, 4) is 11.5 Å². The zero-order valence-electron chi connectivity index (χ0n) is 10.6. The van der Waals surface area contributed by atoms with Crippen LogP contribution in [0.25, 0.3) is 0 Å². The first-order valence-corrected chi connectivity index (χ1v) is 6.02. The molecule has 1 aromatic carbocycles. The van der Waals surface area contributed by atoms with Crippen LogP contribution >= 0.6 is 0 Å². The lowest BCUT2D eigenvalue weighted by Gasteiger charge is -2.19. The maximum atomic E-state index is 11.8. The number of carbonyl (C=O) groups is 1. The highest BCUT2D eigenvalue weighted by molar-refractivity contribution is 5.83. The zero-order valence-corrected chi connectivity index (χ0v) is 10.6. The van der Waals surface area contributed by atoms with Gasteiger partial charge in [-0.25, -0.2) is 0 Å². The van der Waals surface area contributed by atoms with E-state index < -0.39 is 0 Å². The van der Waals surface area contributed by atoms with Crippen LogP contribution in [0.3, 0.4) is 0 Å². The molecule has 0 aromatic heterocycles. The van der Waals surface area contributed by atoms with Crippen molar-refractivity contribution in [3.05, 3.63) is 23.8 Å². The summed E-state index contributed by atoms with van der Waals surface area (Å²) < 4.78 is 0. The lowest BCUT2D eigenvalue weighted by Crippen LogP contribution is -2.38. The van der Waals surface area contributed by atoms with Gasteiger partial charge in [0, 0.05) is 31.3 Å². The van der Waals surface area contributed by atoms with Crippen molar-refractivity contribution in [2.24, 2.45) is 0 Å². The Balaban J connectivity index is 2.08. The van der Waals surface area contributed by atoms with Crippen LogP contribution in [0.4, 0.5) is 0 Å². The minimum absolute atomic E-state index is 0.0279. The van der Waals surface area contributed by atoms with Gasteiger partial charge in [0.2, 0.25) is 5.91 Å². The molecule has 5 heteroatoms. The molecule has 98 valence electrons. The fourth-order valence-corrected chi connectivity index (χ4v) is 2.27. The molecule has 1 aromatic rings. The van der Waals surface area contributed by atoms with Crippen LogP contribution in [-0.2, 0) is 4.79 Å². The first kappa shape index (κ1) is 12.7. The van der Waals surface area contributed by atoms with Crippen LogP contribution in [0.15, 0.2) is 18.2 Å². The third-order valence-electron chi connectivity index (χ3n) is 3.36. The first-order valence-electron chi connectivity index (χ1n) is 6.02. The number of nitrogens with one attached hydrogen (secondary N) is 1. The topological polar surface area (TPSA) is 72.8 Å². The number of phenolic OH excluding ortho intramolecular Hbond substituents is 2. The van der Waals surface area contributed by atoms with Gasteiger partial charge in [0.1, 0.15) is 11.5 Å². The highest BCUT2D eigenvalue weighted by atomic mass is 16.3. The van der Waals surface area contributed by atoms with Crippen LogP contribution < -0.4 is 5.32 Å². The Bertz CT molecular complexity index is 462. The van der Waals surface area contributed by atoms with E-state index in [9.17, 15) is 15.0 Å². The molecule has 3 N–H and O–H groups in total. The van der Waals surface area contributed by atoms with Crippen LogP contribution in [0.5, 0.6) is 11.5 Å². The molecule has 1 aliphatic heterocycles. The van der Waals surface area contributed by atoms with Crippen molar-refractivity contribution in [2.45, 2.75) is 25.4 Å². The SMILES string of the molecule is CC(NC1CCN(C)C1=O)c1ccc(O)cc1O. The Morgan fingerprint density at radius 2 is 2.17 bits per heavy atom. The largest absolute Gasteiger partial charge is 0.508 e. The van der Waals surface area contributed by atoms with Gasteiger partial charge in [0.05, 0.1) is 6.04 Å². The van der Waals surface area contributed by atoms with Gasteiger partial charge < -0.3 is 15.1 Å². The van der Waals surface area contributed by atoms with Crippen molar-refractivity contribution >= 4 is 5.91 Å². The molecule has 1 saturated heterocycles. The smallest absolute Gasteiger partial charge is 0.239 e. The number of likely N-dealkylation sites (N-methyl/N-ethyl adjacent to an activating group) is 1. The molecule has 0 bridgehead atoms. The molecule has 1 amide bonds. The van der Waals surface area contributed by atoms with E-state index in [2.05, 4.69) is 5.32 Å². The summed E-state index contributed by atoms with van der Waals surface area (Å²) in [7, 11) is 1.78. The van der Waals surface area contributed by atoms with E-state index >= 15 is 0 Å². The number of likely N-dealkylation sites (tertiary alicyclic amines) is 1. The van der Waals surface area contributed by atoms with Gasteiger partial charge in [-0.05, 0) is 19.4 Å². The Morgan fingerprint density at radius 3 is 2.72 bits per heavy atom. The molecular weight excluding hydrogens is 232 g/mol. The van der Waals surface area contributed by atoms with Crippen molar-refractivity contribution in [3.63, 3.8) is 0 Å². The normalized spacial score (nSPS) is 21.3. The van der Waals surface area contributed by atoms with Crippen molar-refractivity contribution < 1.29 is 15.0 Å². The molecule has 2 rings (SSSR count). The maximum Gasteiger partial charge on any atom is 0.239 e. The van der Waals surface area contributed by atoms with Crippen LogP contribution in [-0.4, -0.2) is 40.7 Å². The van der Waals surface area contributed by atoms with Gasteiger partial charge in [0.15, 0.2) is 0 Å². The Labute approximate surface area is 106 Å². The van der Waals surface area contributed by atoms with Crippen molar-refractivity contribution in [2.75, 3.05) is 13.6 Å². The fraction of sp³-hybridized carbons (Fsp3) is 0.462. The number of aromatic hydroxyl groups is 2. The Hall–Kier alpha value is -1.75. The number of hydrogen-bond donors (Lipinski definition) is 3. The van der Waals surface area contributed by atoms with E-state index in [1.807, 2.05) is 6.92 Å². The summed E-state index contributed by atoms with van der Waals surface area (Å²) >= 11 is 0. The summed E-state index contributed by atoms with van der Waals surface area (Å²) in [5.41, 5.74) is 0.676. The third kappa shape index (κ3) is 2.41. The maximum absolute atomic E-state index is 11.8. The number of benzene rings is 1. The average Bonchev–Trinajstić information content (AvgIpc) is 2.61. The molecule has 5 nitrogen and oxygen atoms in total. The molecule has 1 fully saturated rings.